The van der Waals surface area contributed by atoms with Crippen molar-refractivity contribution in [2.75, 3.05) is 0 Å². The number of allylic oxidation sites excluding steroid dienone is 1. The van der Waals surface area contributed by atoms with Crippen LogP contribution >= 0.6 is 11.6 Å². The van der Waals surface area contributed by atoms with Crippen LogP contribution in [0, 0.1) is 0 Å². The first-order valence-corrected chi connectivity index (χ1v) is 4.70. The van der Waals surface area contributed by atoms with Gasteiger partial charge in [0.2, 0.25) is 5.91 Å². The second-order valence-electron chi connectivity index (χ2n) is 2.89. The molecule has 0 unspecified atom stereocenters. The van der Waals surface area contributed by atoms with Crippen molar-refractivity contribution in [2.45, 2.75) is 6.92 Å². The molecule has 0 radical (unpaired) electrons. The van der Waals surface area contributed by atoms with Crippen LogP contribution in [0.4, 0.5) is 5.69 Å². The molecule has 0 aromatic heterocycles. The number of nitrogens with zero attached hydrogens (tertiary/aromatic N) is 1. The molecule has 3 nitrogen and oxygen atoms in total. The number of halogens is 1. The lowest BCUT2D eigenvalue weighted by Crippen LogP contribution is -2.10. The van der Waals surface area contributed by atoms with Crippen molar-refractivity contribution in [3.8, 4) is 0 Å². The average molecular weight is 223 g/mol. The van der Waals surface area contributed by atoms with Gasteiger partial charge in [0.25, 0.3) is 0 Å². The van der Waals surface area contributed by atoms with Gasteiger partial charge in [-0.25, -0.2) is 0 Å². The average Bonchev–Trinajstić information content (AvgIpc) is 2.27. The van der Waals surface area contributed by atoms with Crippen LogP contribution in [0.15, 0.2) is 29.3 Å². The van der Waals surface area contributed by atoms with Gasteiger partial charge < -0.3 is 5.73 Å². The lowest BCUT2D eigenvalue weighted by Gasteiger charge is -2.05. The van der Waals surface area contributed by atoms with Crippen LogP contribution in [0.25, 0.3) is 5.03 Å². The predicted molar refractivity (Wildman–Crippen MR) is 63.7 cm³/mol. The first-order valence-electron chi connectivity index (χ1n) is 4.33. The Hall–Kier alpha value is -1.61. The topological polar surface area (TPSA) is 55.4 Å². The van der Waals surface area contributed by atoms with Crippen LogP contribution in [0.5, 0.6) is 0 Å². The molecule has 1 aromatic carbocycles. The number of nitrogens with two attached hydrogens (primary N) is 1. The maximum Gasteiger partial charge on any atom is 0.248 e. The van der Waals surface area contributed by atoms with Gasteiger partial charge in [-0.15, -0.1) is 0 Å². The Balaban J connectivity index is 3.38. The summed E-state index contributed by atoms with van der Waals surface area (Å²) in [6.07, 6.45) is 1.72. The van der Waals surface area contributed by atoms with Gasteiger partial charge in [-0.05, 0) is 31.8 Å². The molecule has 15 heavy (non-hydrogen) atoms. The number of benzene rings is 1. The smallest absolute Gasteiger partial charge is 0.248 e. The van der Waals surface area contributed by atoms with E-state index in [1.807, 2.05) is 0 Å². The maximum atomic E-state index is 11.0. The van der Waals surface area contributed by atoms with Gasteiger partial charge in [0.1, 0.15) is 0 Å². The third kappa shape index (κ3) is 2.44. The van der Waals surface area contributed by atoms with Crippen LogP contribution in [0.3, 0.4) is 0 Å². The van der Waals surface area contributed by atoms with Gasteiger partial charge in [-0.3, -0.25) is 9.79 Å². The SMILES string of the molecule is C=Nc1ccc(C(N)=O)cc1/C(Cl)=C\C. The standard InChI is InChI=1S/C11H11ClN2O/c1-3-9(12)8-6-7(11(13)15)4-5-10(8)14-2/h3-6H,2H2,1H3,(H2,13,15)/b9-3+. The van der Waals surface area contributed by atoms with Crippen LogP contribution in [-0.2, 0) is 0 Å². The molecule has 0 spiro atoms. The van der Waals surface area contributed by atoms with Crippen molar-refractivity contribution in [3.05, 3.63) is 35.4 Å². The Morgan fingerprint density at radius 1 is 1.60 bits per heavy atom. The lowest BCUT2D eigenvalue weighted by molar-refractivity contribution is 0.100. The molecule has 2 N–H and O–H groups in total. The molecule has 1 aromatic rings. The molecule has 0 saturated heterocycles. The Bertz CT molecular complexity index is 438. The highest BCUT2D eigenvalue weighted by Crippen LogP contribution is 2.29. The number of carbonyl (C=O) groups excluding carboxylic acids is 1. The highest BCUT2D eigenvalue weighted by molar-refractivity contribution is 6.49. The zero-order valence-electron chi connectivity index (χ0n) is 8.33. The van der Waals surface area contributed by atoms with E-state index in [9.17, 15) is 4.79 Å². The molecule has 0 aliphatic rings. The summed E-state index contributed by atoms with van der Waals surface area (Å²) in [5, 5.41) is 0.514. The molecule has 1 amide bonds. The Morgan fingerprint density at radius 3 is 2.73 bits per heavy atom. The molecule has 0 heterocycles. The largest absolute Gasteiger partial charge is 0.366 e. The Labute approximate surface area is 93.3 Å². The number of rotatable bonds is 3. The van der Waals surface area contributed by atoms with E-state index in [4.69, 9.17) is 17.3 Å². The van der Waals surface area contributed by atoms with Gasteiger partial charge in [0.05, 0.1) is 5.69 Å². The van der Waals surface area contributed by atoms with E-state index in [0.29, 0.717) is 21.8 Å². The second-order valence-corrected chi connectivity index (χ2v) is 3.30. The molecular weight excluding hydrogens is 212 g/mol. The van der Waals surface area contributed by atoms with Crippen LogP contribution in [-0.4, -0.2) is 12.6 Å². The van der Waals surface area contributed by atoms with Gasteiger partial charge in [-0.2, -0.15) is 0 Å². The molecule has 0 atom stereocenters. The summed E-state index contributed by atoms with van der Waals surface area (Å²) in [6, 6.07) is 4.86. The summed E-state index contributed by atoms with van der Waals surface area (Å²) in [6.45, 7) is 5.23. The third-order valence-electron chi connectivity index (χ3n) is 1.96. The Kier molecular flexibility index (Phi) is 3.63. The van der Waals surface area contributed by atoms with E-state index in [-0.39, 0.29) is 0 Å². The molecule has 0 aliphatic carbocycles. The fraction of sp³-hybridized carbons (Fsp3) is 0.0909. The van der Waals surface area contributed by atoms with Crippen LogP contribution in [0.1, 0.15) is 22.8 Å². The van der Waals surface area contributed by atoms with Crippen LogP contribution < -0.4 is 5.73 Å². The minimum atomic E-state index is -0.493. The number of hydrogen-bond donors (Lipinski definition) is 1. The van der Waals surface area contributed by atoms with E-state index < -0.39 is 5.91 Å². The third-order valence-corrected chi connectivity index (χ3v) is 2.38. The number of aliphatic imine (C=N–C) groups is 1. The zero-order valence-corrected chi connectivity index (χ0v) is 9.08. The van der Waals surface area contributed by atoms with E-state index in [1.165, 1.54) is 0 Å². The molecule has 78 valence electrons. The summed E-state index contributed by atoms with van der Waals surface area (Å²) in [4.78, 5) is 14.8. The van der Waals surface area contributed by atoms with E-state index >= 15 is 0 Å². The van der Waals surface area contributed by atoms with Crippen molar-refractivity contribution in [3.63, 3.8) is 0 Å². The zero-order chi connectivity index (χ0) is 11.4. The number of hydrogen-bond acceptors (Lipinski definition) is 2. The highest BCUT2D eigenvalue weighted by Gasteiger charge is 2.08. The number of carbonyl (C=O) groups is 1. The first-order chi connectivity index (χ1) is 7.10. The molecule has 1 rings (SSSR count). The molecule has 4 heteroatoms. The van der Waals surface area contributed by atoms with Gasteiger partial charge >= 0.3 is 0 Å². The van der Waals surface area contributed by atoms with E-state index in [1.54, 1.807) is 31.2 Å². The summed E-state index contributed by atoms with van der Waals surface area (Å²) in [5.74, 6) is -0.493. The van der Waals surface area contributed by atoms with Gasteiger partial charge in [0.15, 0.2) is 0 Å². The van der Waals surface area contributed by atoms with Crippen LogP contribution in [0.2, 0.25) is 0 Å². The normalized spacial score (nSPS) is 11.2. The molecule has 0 bridgehead atoms. The number of amides is 1. The highest BCUT2D eigenvalue weighted by atomic mass is 35.5. The van der Waals surface area contributed by atoms with Crippen molar-refractivity contribution < 1.29 is 4.79 Å². The van der Waals surface area contributed by atoms with Crippen molar-refractivity contribution >= 4 is 34.9 Å². The minimum Gasteiger partial charge on any atom is -0.366 e. The van der Waals surface area contributed by atoms with E-state index in [0.717, 1.165) is 0 Å². The summed E-state index contributed by atoms with van der Waals surface area (Å²) >= 11 is 5.97. The predicted octanol–water partition coefficient (Wildman–Crippen LogP) is 2.72. The summed E-state index contributed by atoms with van der Waals surface area (Å²) in [5.41, 5.74) is 6.85. The molecule has 0 fully saturated rings. The van der Waals surface area contributed by atoms with Gasteiger partial charge in [-0.1, -0.05) is 17.7 Å². The first kappa shape index (κ1) is 11.5. The summed E-state index contributed by atoms with van der Waals surface area (Å²) < 4.78 is 0. The van der Waals surface area contributed by atoms with Crippen molar-refractivity contribution in [2.24, 2.45) is 10.7 Å². The lowest BCUT2D eigenvalue weighted by atomic mass is 10.1. The number of primary amides is 1. The summed E-state index contributed by atoms with van der Waals surface area (Å²) in [7, 11) is 0. The fourth-order valence-electron chi connectivity index (χ4n) is 1.17. The van der Waals surface area contributed by atoms with Gasteiger partial charge in [0, 0.05) is 16.2 Å². The minimum absolute atomic E-state index is 0.400. The fourth-order valence-corrected chi connectivity index (χ4v) is 1.33. The molecule has 0 saturated carbocycles. The second kappa shape index (κ2) is 4.75. The molecule has 0 aliphatic heterocycles. The monoisotopic (exact) mass is 222 g/mol. The van der Waals surface area contributed by atoms with E-state index in [2.05, 4.69) is 11.7 Å². The Morgan fingerprint density at radius 2 is 2.27 bits per heavy atom. The maximum absolute atomic E-state index is 11.0. The molecular formula is C11H11ClN2O. The quantitative estimate of drug-likeness (QED) is 0.786. The van der Waals surface area contributed by atoms with Crippen molar-refractivity contribution in [1.82, 2.24) is 0 Å². The van der Waals surface area contributed by atoms with Crippen molar-refractivity contribution in [1.29, 1.82) is 0 Å².